The SMILES string of the molecule is CC1CCC(C2CCC(c3cc4c(c(F)c3F)OCCC4)CC2)CC1. The molecule has 4 rings (SSSR count). The Hall–Kier alpha value is -1.12. The van der Waals surface area contributed by atoms with Gasteiger partial charge in [-0.1, -0.05) is 19.8 Å². The first-order chi connectivity index (χ1) is 12.1. The zero-order valence-electron chi connectivity index (χ0n) is 15.3. The van der Waals surface area contributed by atoms with Crippen LogP contribution < -0.4 is 4.74 Å². The van der Waals surface area contributed by atoms with E-state index in [9.17, 15) is 8.78 Å². The van der Waals surface area contributed by atoms with Gasteiger partial charge in [0.2, 0.25) is 5.82 Å². The zero-order chi connectivity index (χ0) is 17.4. The van der Waals surface area contributed by atoms with E-state index in [4.69, 9.17) is 4.74 Å². The van der Waals surface area contributed by atoms with Crippen molar-refractivity contribution in [3.05, 3.63) is 28.8 Å². The molecular weight excluding hydrogens is 318 g/mol. The average molecular weight is 348 g/mol. The normalized spacial score (nSPS) is 32.8. The zero-order valence-corrected chi connectivity index (χ0v) is 15.3. The maximum absolute atomic E-state index is 14.6. The Balaban J connectivity index is 1.45. The Labute approximate surface area is 150 Å². The number of hydrogen-bond acceptors (Lipinski definition) is 1. The highest BCUT2D eigenvalue weighted by atomic mass is 19.2. The van der Waals surface area contributed by atoms with E-state index in [2.05, 4.69) is 6.92 Å². The van der Waals surface area contributed by atoms with Crippen LogP contribution in [0.4, 0.5) is 8.78 Å². The van der Waals surface area contributed by atoms with Gasteiger partial charge in [0.15, 0.2) is 11.6 Å². The molecule has 3 heteroatoms. The summed E-state index contributed by atoms with van der Waals surface area (Å²) < 4.78 is 34.4. The van der Waals surface area contributed by atoms with Crippen LogP contribution in [0.3, 0.4) is 0 Å². The third kappa shape index (κ3) is 3.44. The third-order valence-electron chi connectivity index (χ3n) is 7.04. The Kier molecular flexibility index (Phi) is 5.01. The standard InChI is InChI=1S/C22H30F2O/c1-14-4-6-15(7-5-14)16-8-10-17(11-9-16)19-13-18-3-2-12-25-22(18)21(24)20(19)23/h13-17H,2-12H2,1H3. The van der Waals surface area contributed by atoms with Gasteiger partial charge in [0.05, 0.1) is 6.61 Å². The number of aryl methyl sites for hydroxylation is 1. The first-order valence-electron chi connectivity index (χ1n) is 10.3. The molecule has 0 bridgehead atoms. The van der Waals surface area contributed by atoms with Crippen LogP contribution in [0.2, 0.25) is 0 Å². The van der Waals surface area contributed by atoms with Crippen molar-refractivity contribution >= 4 is 0 Å². The molecule has 2 aliphatic carbocycles. The van der Waals surface area contributed by atoms with E-state index < -0.39 is 11.6 Å². The lowest BCUT2D eigenvalue weighted by molar-refractivity contribution is 0.164. The summed E-state index contributed by atoms with van der Waals surface area (Å²) in [5, 5.41) is 0. The maximum Gasteiger partial charge on any atom is 0.201 e. The van der Waals surface area contributed by atoms with E-state index >= 15 is 0 Å². The van der Waals surface area contributed by atoms with Crippen LogP contribution in [0.5, 0.6) is 5.75 Å². The van der Waals surface area contributed by atoms with Crippen LogP contribution in [-0.2, 0) is 6.42 Å². The van der Waals surface area contributed by atoms with Gasteiger partial charge >= 0.3 is 0 Å². The van der Waals surface area contributed by atoms with Crippen molar-refractivity contribution < 1.29 is 13.5 Å². The molecule has 0 amide bonds. The molecule has 1 heterocycles. The minimum atomic E-state index is -0.754. The molecule has 25 heavy (non-hydrogen) atoms. The molecule has 0 atom stereocenters. The van der Waals surface area contributed by atoms with Crippen LogP contribution in [0.25, 0.3) is 0 Å². The smallest absolute Gasteiger partial charge is 0.201 e. The van der Waals surface area contributed by atoms with Gasteiger partial charge < -0.3 is 4.74 Å². The molecule has 3 aliphatic rings. The molecule has 0 saturated heterocycles. The van der Waals surface area contributed by atoms with Crippen LogP contribution in [0.15, 0.2) is 6.07 Å². The van der Waals surface area contributed by atoms with Gasteiger partial charge in [-0.3, -0.25) is 0 Å². The predicted molar refractivity (Wildman–Crippen MR) is 96.0 cm³/mol. The van der Waals surface area contributed by atoms with E-state index in [0.717, 1.165) is 49.0 Å². The number of hydrogen-bond donors (Lipinski definition) is 0. The first-order valence-corrected chi connectivity index (χ1v) is 10.3. The summed E-state index contributed by atoms with van der Waals surface area (Å²) >= 11 is 0. The molecule has 1 aromatic carbocycles. The van der Waals surface area contributed by atoms with Gasteiger partial charge in [0, 0.05) is 0 Å². The van der Waals surface area contributed by atoms with Crippen molar-refractivity contribution in [3.8, 4) is 5.75 Å². The number of ether oxygens (including phenoxy) is 1. The second-order valence-electron chi connectivity index (χ2n) is 8.67. The lowest BCUT2D eigenvalue weighted by atomic mass is 9.68. The highest BCUT2D eigenvalue weighted by Crippen LogP contribution is 2.45. The van der Waals surface area contributed by atoms with Crippen molar-refractivity contribution in [1.82, 2.24) is 0 Å². The molecule has 0 radical (unpaired) electrons. The fourth-order valence-corrected chi connectivity index (χ4v) is 5.42. The minimum Gasteiger partial charge on any atom is -0.490 e. The van der Waals surface area contributed by atoms with E-state index in [1.54, 1.807) is 0 Å². The lowest BCUT2D eigenvalue weighted by Crippen LogP contribution is -2.25. The number of benzene rings is 1. The molecule has 2 saturated carbocycles. The monoisotopic (exact) mass is 348 g/mol. The van der Waals surface area contributed by atoms with Gasteiger partial charge in [-0.15, -0.1) is 0 Å². The minimum absolute atomic E-state index is 0.164. The summed E-state index contributed by atoms with van der Waals surface area (Å²) in [6, 6.07) is 1.90. The van der Waals surface area contributed by atoms with Gasteiger partial charge in [-0.25, -0.2) is 4.39 Å². The van der Waals surface area contributed by atoms with Crippen molar-refractivity contribution in [1.29, 1.82) is 0 Å². The second-order valence-corrected chi connectivity index (χ2v) is 8.67. The van der Waals surface area contributed by atoms with E-state index in [1.165, 1.54) is 38.5 Å². The third-order valence-corrected chi connectivity index (χ3v) is 7.04. The summed E-state index contributed by atoms with van der Waals surface area (Å²) in [6.07, 6.45) is 11.5. The van der Waals surface area contributed by atoms with Crippen molar-refractivity contribution in [3.63, 3.8) is 0 Å². The van der Waals surface area contributed by atoms with Crippen LogP contribution >= 0.6 is 0 Å². The molecule has 0 unspecified atom stereocenters. The van der Waals surface area contributed by atoms with Crippen LogP contribution in [0, 0.1) is 29.4 Å². The first kappa shape index (κ1) is 17.3. The van der Waals surface area contributed by atoms with Gasteiger partial charge in [-0.05, 0) is 92.2 Å². The highest BCUT2D eigenvalue weighted by molar-refractivity contribution is 5.42. The van der Waals surface area contributed by atoms with Gasteiger partial charge in [0.25, 0.3) is 0 Å². The molecule has 1 aliphatic heterocycles. The molecule has 2 fully saturated rings. The number of halogens is 2. The molecule has 0 N–H and O–H groups in total. The molecular formula is C22H30F2O. The van der Waals surface area contributed by atoms with E-state index in [0.29, 0.717) is 12.2 Å². The van der Waals surface area contributed by atoms with Crippen LogP contribution in [0.1, 0.15) is 81.8 Å². The van der Waals surface area contributed by atoms with E-state index in [-0.39, 0.29) is 11.7 Å². The molecule has 1 aromatic rings. The van der Waals surface area contributed by atoms with Crippen molar-refractivity contribution in [2.75, 3.05) is 6.61 Å². The summed E-state index contributed by atoms with van der Waals surface area (Å²) in [6.45, 7) is 2.86. The molecule has 1 nitrogen and oxygen atoms in total. The Bertz CT molecular complexity index is 611. The summed E-state index contributed by atoms with van der Waals surface area (Å²) in [5.41, 5.74) is 1.47. The summed E-state index contributed by atoms with van der Waals surface area (Å²) in [4.78, 5) is 0. The highest BCUT2D eigenvalue weighted by Gasteiger charge is 2.33. The van der Waals surface area contributed by atoms with Crippen LogP contribution in [-0.4, -0.2) is 6.61 Å². The summed E-state index contributed by atoms with van der Waals surface area (Å²) in [7, 11) is 0. The Morgan fingerprint density at radius 3 is 2.20 bits per heavy atom. The maximum atomic E-state index is 14.6. The molecule has 0 spiro atoms. The van der Waals surface area contributed by atoms with Crippen molar-refractivity contribution in [2.24, 2.45) is 17.8 Å². The summed E-state index contributed by atoms with van der Waals surface area (Å²) in [5.74, 6) is 1.50. The number of fused-ring (bicyclic) bond motifs is 1. The fourth-order valence-electron chi connectivity index (χ4n) is 5.42. The second kappa shape index (κ2) is 7.25. The van der Waals surface area contributed by atoms with E-state index in [1.807, 2.05) is 6.07 Å². The number of rotatable bonds is 2. The van der Waals surface area contributed by atoms with Gasteiger partial charge in [0.1, 0.15) is 0 Å². The largest absolute Gasteiger partial charge is 0.490 e. The molecule has 138 valence electrons. The topological polar surface area (TPSA) is 9.23 Å². The quantitative estimate of drug-likeness (QED) is 0.602. The fraction of sp³-hybridized carbons (Fsp3) is 0.727. The average Bonchev–Trinajstić information content (AvgIpc) is 2.65. The predicted octanol–water partition coefficient (Wildman–Crippen LogP) is 6.39. The molecule has 0 aromatic heterocycles. The van der Waals surface area contributed by atoms with Gasteiger partial charge in [-0.2, -0.15) is 4.39 Å². The Morgan fingerprint density at radius 1 is 0.880 bits per heavy atom. The lowest BCUT2D eigenvalue weighted by Gasteiger charge is -2.37. The Morgan fingerprint density at radius 2 is 1.52 bits per heavy atom. The van der Waals surface area contributed by atoms with Crippen molar-refractivity contribution in [2.45, 2.75) is 77.0 Å².